The fourth-order valence-electron chi connectivity index (χ4n) is 3.71. The van der Waals surface area contributed by atoms with Crippen LogP contribution in [0.1, 0.15) is 22.4 Å². The third-order valence-corrected chi connectivity index (χ3v) is 6.26. The molecule has 0 bridgehead atoms. The van der Waals surface area contributed by atoms with E-state index in [1.54, 1.807) is 5.38 Å². The summed E-state index contributed by atoms with van der Waals surface area (Å²) in [6.45, 7) is 0.227. The molecule has 0 unspecified atom stereocenters. The number of aliphatic carboxylic acids is 1. The van der Waals surface area contributed by atoms with E-state index in [1.165, 1.54) is 11.3 Å². The predicted molar refractivity (Wildman–Crippen MR) is 136 cm³/mol. The van der Waals surface area contributed by atoms with E-state index in [0.717, 1.165) is 16.7 Å². The van der Waals surface area contributed by atoms with E-state index in [4.69, 9.17) is 4.84 Å². The normalized spacial score (nSPS) is 11.4. The van der Waals surface area contributed by atoms with Gasteiger partial charge in [-0.1, -0.05) is 112 Å². The van der Waals surface area contributed by atoms with Gasteiger partial charge in [0.15, 0.2) is 10.8 Å². The molecule has 0 aliphatic rings. The van der Waals surface area contributed by atoms with Gasteiger partial charge in [-0.15, -0.1) is 11.3 Å². The van der Waals surface area contributed by atoms with Gasteiger partial charge < -0.3 is 20.1 Å². The van der Waals surface area contributed by atoms with Gasteiger partial charge in [0.25, 0.3) is 0 Å². The quantitative estimate of drug-likeness (QED) is 0.0774. The molecular weight excluding hydrogens is 553 g/mol. The van der Waals surface area contributed by atoms with Crippen molar-refractivity contribution in [3.8, 4) is 0 Å². The van der Waals surface area contributed by atoms with Crippen molar-refractivity contribution < 1.29 is 66.1 Å². The number of aromatic nitrogens is 1. The first kappa shape index (κ1) is 27.7. The Morgan fingerprint density at radius 2 is 1.43 bits per heavy atom. The number of anilines is 1. The number of carbonyl (C=O) groups is 1. The molecule has 1 heterocycles. The third kappa shape index (κ3) is 6.48. The summed E-state index contributed by atoms with van der Waals surface area (Å²) in [5.74, 6) is -1.45. The van der Waals surface area contributed by atoms with Gasteiger partial charge in [-0.2, -0.15) is 0 Å². The first-order chi connectivity index (χ1) is 16.6. The van der Waals surface area contributed by atoms with Crippen molar-refractivity contribution in [2.24, 2.45) is 5.16 Å². The summed E-state index contributed by atoms with van der Waals surface area (Å²) in [7, 11) is 0. The maximum Gasteiger partial charge on any atom is 1.00 e. The fourth-order valence-corrected chi connectivity index (χ4v) is 4.61. The number of halogens is 1. The van der Waals surface area contributed by atoms with Crippen molar-refractivity contribution >= 4 is 44.1 Å². The molecule has 4 rings (SSSR count). The van der Waals surface area contributed by atoms with Crippen LogP contribution in [0.15, 0.2) is 102 Å². The molecule has 0 aliphatic heterocycles. The molecule has 1 N–H and O–H groups in total. The van der Waals surface area contributed by atoms with Crippen LogP contribution >= 0.6 is 27.3 Å². The van der Waals surface area contributed by atoms with Crippen LogP contribution in [0.4, 0.5) is 5.13 Å². The number of alkyl halides is 1. The number of carboxylic acid groups (broad SMARTS) is 1. The van der Waals surface area contributed by atoms with E-state index >= 15 is 0 Å². The molecule has 3 aromatic carbocycles. The fraction of sp³-hybridized carbons (Fsp3) is 0.115. The molecule has 172 valence electrons. The van der Waals surface area contributed by atoms with Crippen molar-refractivity contribution in [3.63, 3.8) is 0 Å². The summed E-state index contributed by atoms with van der Waals surface area (Å²) >= 11 is 4.50. The third-order valence-electron chi connectivity index (χ3n) is 5.18. The molecule has 0 radical (unpaired) electrons. The molecule has 0 fully saturated rings. The molecule has 0 saturated carbocycles. The maximum absolute atomic E-state index is 11.7. The van der Waals surface area contributed by atoms with E-state index in [1.807, 2.05) is 54.6 Å². The SMILES string of the molecule is O=C([O-])C(=NOCCBr)c1csc(NC(c2ccccc2)(c2ccccc2)c2ccccc2)n1.[K+]. The molecule has 6 nitrogen and oxygen atoms in total. The summed E-state index contributed by atoms with van der Waals surface area (Å²) in [4.78, 5) is 21.2. The van der Waals surface area contributed by atoms with Gasteiger partial charge in [0, 0.05) is 10.7 Å². The zero-order chi connectivity index (χ0) is 23.8. The second-order valence-electron chi connectivity index (χ2n) is 7.26. The second kappa shape index (κ2) is 13.5. The summed E-state index contributed by atoms with van der Waals surface area (Å²) in [5.41, 5.74) is 2.08. The molecule has 0 spiro atoms. The van der Waals surface area contributed by atoms with Crippen molar-refractivity contribution in [2.45, 2.75) is 5.54 Å². The van der Waals surface area contributed by atoms with Gasteiger partial charge in [0.2, 0.25) is 0 Å². The molecule has 35 heavy (non-hydrogen) atoms. The molecular formula is C26H21BrKN3O3S. The second-order valence-corrected chi connectivity index (χ2v) is 8.91. The van der Waals surface area contributed by atoms with E-state index < -0.39 is 11.5 Å². The van der Waals surface area contributed by atoms with E-state index in [9.17, 15) is 9.90 Å². The van der Waals surface area contributed by atoms with Crippen LogP contribution in [0.25, 0.3) is 0 Å². The van der Waals surface area contributed by atoms with Crippen LogP contribution in [-0.2, 0) is 15.2 Å². The Labute approximate surface area is 259 Å². The number of hydrogen-bond donors (Lipinski definition) is 1. The van der Waals surface area contributed by atoms with Gasteiger partial charge in [-0.05, 0) is 16.7 Å². The molecule has 4 aromatic rings. The summed E-state index contributed by atoms with van der Waals surface area (Å²) in [6.07, 6.45) is 0. The van der Waals surface area contributed by atoms with Crippen LogP contribution in [-0.4, -0.2) is 28.6 Å². The average molecular weight is 575 g/mol. The standard InChI is InChI=1S/C26H22BrN3O3S.K/c27-16-17-33-30-23(24(31)32)22-18-34-25(28-22)29-26(19-10-4-1-5-11-19,20-12-6-2-7-13-20)21-14-8-3-9-15-21;/h1-15,18H,16-17H2,(H,28,29)(H,31,32);/q;+1/p-1. The van der Waals surface area contributed by atoms with E-state index in [2.05, 4.69) is 67.8 Å². The Balaban J connectivity index is 0.00000342. The van der Waals surface area contributed by atoms with Crippen LogP contribution in [0.2, 0.25) is 0 Å². The van der Waals surface area contributed by atoms with E-state index in [-0.39, 0.29) is 69.4 Å². The molecule has 0 atom stereocenters. The first-order valence-corrected chi connectivity index (χ1v) is 12.5. The van der Waals surface area contributed by atoms with Crippen molar-refractivity contribution in [3.05, 3.63) is 119 Å². The number of carbonyl (C=O) groups excluding carboxylic acids is 1. The van der Waals surface area contributed by atoms with Gasteiger partial charge in [-0.3, -0.25) is 0 Å². The average Bonchev–Trinajstić information content (AvgIpc) is 3.34. The van der Waals surface area contributed by atoms with Crippen LogP contribution in [0.3, 0.4) is 0 Å². The number of hydrogen-bond acceptors (Lipinski definition) is 7. The minimum Gasteiger partial charge on any atom is -0.543 e. The van der Waals surface area contributed by atoms with Gasteiger partial charge >= 0.3 is 51.4 Å². The number of nitrogens with one attached hydrogen (secondary N) is 1. The number of rotatable bonds is 10. The Morgan fingerprint density at radius 1 is 0.943 bits per heavy atom. The number of carboxylic acids is 1. The van der Waals surface area contributed by atoms with Crippen LogP contribution in [0.5, 0.6) is 0 Å². The van der Waals surface area contributed by atoms with Crippen molar-refractivity contribution in [2.75, 3.05) is 17.3 Å². The maximum atomic E-state index is 11.7. The zero-order valence-corrected chi connectivity index (χ0v) is 24.6. The smallest absolute Gasteiger partial charge is 0.543 e. The molecule has 1 aromatic heterocycles. The number of benzene rings is 3. The zero-order valence-electron chi connectivity index (χ0n) is 19.1. The molecule has 0 aliphatic carbocycles. The topological polar surface area (TPSA) is 86.6 Å². The largest absolute Gasteiger partial charge is 1.00 e. The number of thiazole rings is 1. The Morgan fingerprint density at radius 3 is 1.86 bits per heavy atom. The van der Waals surface area contributed by atoms with Crippen molar-refractivity contribution in [1.82, 2.24) is 4.98 Å². The van der Waals surface area contributed by atoms with Crippen LogP contribution < -0.4 is 61.8 Å². The molecule has 0 amide bonds. The number of nitrogens with zero attached hydrogens (tertiary/aromatic N) is 2. The van der Waals surface area contributed by atoms with Gasteiger partial charge in [-0.25, -0.2) is 4.98 Å². The minimum absolute atomic E-state index is 0. The van der Waals surface area contributed by atoms with Crippen LogP contribution in [0, 0.1) is 0 Å². The monoisotopic (exact) mass is 573 g/mol. The Kier molecular flexibility index (Phi) is 10.7. The number of oxime groups is 1. The Hall–Kier alpha value is -1.85. The molecule has 9 heteroatoms. The van der Waals surface area contributed by atoms with E-state index in [0.29, 0.717) is 10.5 Å². The van der Waals surface area contributed by atoms with Crippen molar-refractivity contribution in [1.29, 1.82) is 0 Å². The summed E-state index contributed by atoms with van der Waals surface area (Å²) in [6, 6.07) is 30.2. The Bertz CT molecular complexity index is 1160. The predicted octanol–water partition coefficient (Wildman–Crippen LogP) is 1.42. The summed E-state index contributed by atoms with van der Waals surface area (Å²) < 4.78 is 0. The van der Waals surface area contributed by atoms with Gasteiger partial charge in [0.05, 0.1) is 5.97 Å². The molecule has 0 saturated heterocycles. The minimum atomic E-state index is -1.45. The van der Waals surface area contributed by atoms with Gasteiger partial charge in [0.1, 0.15) is 17.8 Å². The first-order valence-electron chi connectivity index (χ1n) is 10.5. The summed E-state index contributed by atoms with van der Waals surface area (Å²) in [5, 5.41) is 21.7.